The van der Waals surface area contributed by atoms with Crippen molar-refractivity contribution >= 4 is 5.97 Å². The average Bonchev–Trinajstić information content (AvgIpc) is 2.98. The van der Waals surface area contributed by atoms with E-state index in [1.54, 1.807) is 25.1 Å². The molecule has 0 atom stereocenters. The van der Waals surface area contributed by atoms with Crippen LogP contribution in [0.4, 0.5) is 0 Å². The van der Waals surface area contributed by atoms with Crippen LogP contribution in [0.5, 0.6) is 5.75 Å². The van der Waals surface area contributed by atoms with Gasteiger partial charge in [-0.2, -0.15) is 0 Å². The zero-order chi connectivity index (χ0) is 19.6. The van der Waals surface area contributed by atoms with Gasteiger partial charge in [0.25, 0.3) is 0 Å². The lowest BCUT2D eigenvalue weighted by Crippen LogP contribution is -2.09. The third kappa shape index (κ3) is 5.18. The molecule has 0 N–H and O–H groups in total. The van der Waals surface area contributed by atoms with Gasteiger partial charge in [-0.15, -0.1) is 0 Å². The normalized spacial score (nSPS) is 9.85. The predicted molar refractivity (Wildman–Crippen MR) is 98.2 cm³/mol. The van der Waals surface area contributed by atoms with E-state index in [1.165, 1.54) is 0 Å². The van der Waals surface area contributed by atoms with Crippen LogP contribution in [0, 0.1) is 6.92 Å². The van der Waals surface area contributed by atoms with E-state index in [0.717, 1.165) is 17.0 Å². The molecular weight excluding hydrogens is 350 g/mol. The second-order valence-electron chi connectivity index (χ2n) is 5.48. The van der Waals surface area contributed by atoms with Crippen LogP contribution < -0.4 is 4.74 Å². The second-order valence-corrected chi connectivity index (χ2v) is 5.48. The van der Waals surface area contributed by atoms with Crippen LogP contribution >= 0.6 is 0 Å². The van der Waals surface area contributed by atoms with Crippen LogP contribution in [0.15, 0.2) is 40.6 Å². The van der Waals surface area contributed by atoms with Gasteiger partial charge in [-0.1, -0.05) is 22.4 Å². The molecule has 27 heavy (non-hydrogen) atoms. The SMILES string of the molecule is CCOC(=O)c1cc(CN=[N+]=[N-])n(Cc2ccc(OCN=[N+]=[N-])cc2)c1C. The first-order valence-electron chi connectivity index (χ1n) is 8.20. The quantitative estimate of drug-likeness (QED) is 0.279. The van der Waals surface area contributed by atoms with E-state index < -0.39 is 5.97 Å². The summed E-state index contributed by atoms with van der Waals surface area (Å²) in [6, 6.07) is 8.96. The molecule has 0 aliphatic heterocycles. The highest BCUT2D eigenvalue weighted by molar-refractivity contribution is 5.91. The minimum absolute atomic E-state index is 0.0776. The lowest BCUT2D eigenvalue weighted by Gasteiger charge is -2.12. The molecule has 140 valence electrons. The summed E-state index contributed by atoms with van der Waals surface area (Å²) in [5.41, 5.74) is 19.7. The minimum Gasteiger partial charge on any atom is -0.488 e. The number of rotatable bonds is 9. The van der Waals surface area contributed by atoms with Crippen LogP contribution in [0.2, 0.25) is 0 Å². The topological polar surface area (TPSA) is 138 Å². The summed E-state index contributed by atoms with van der Waals surface area (Å²) in [5, 5.41) is 6.92. The van der Waals surface area contributed by atoms with E-state index in [9.17, 15) is 4.79 Å². The summed E-state index contributed by atoms with van der Waals surface area (Å²) < 4.78 is 12.3. The fourth-order valence-corrected chi connectivity index (χ4v) is 2.58. The molecule has 0 spiro atoms. The van der Waals surface area contributed by atoms with E-state index in [2.05, 4.69) is 20.1 Å². The monoisotopic (exact) mass is 369 g/mol. The Labute approximate surface area is 155 Å². The molecule has 1 aromatic carbocycles. The van der Waals surface area contributed by atoms with Crippen molar-refractivity contribution in [2.24, 2.45) is 10.2 Å². The van der Waals surface area contributed by atoms with E-state index in [4.69, 9.17) is 20.5 Å². The highest BCUT2D eigenvalue weighted by Crippen LogP contribution is 2.21. The van der Waals surface area contributed by atoms with E-state index >= 15 is 0 Å². The van der Waals surface area contributed by atoms with Crippen molar-refractivity contribution in [1.82, 2.24) is 4.57 Å². The third-order valence-corrected chi connectivity index (χ3v) is 3.86. The zero-order valence-corrected chi connectivity index (χ0v) is 15.1. The van der Waals surface area contributed by atoms with Crippen molar-refractivity contribution in [3.05, 3.63) is 73.7 Å². The van der Waals surface area contributed by atoms with Gasteiger partial charge in [0.1, 0.15) is 5.75 Å². The Hall–Kier alpha value is -3.61. The van der Waals surface area contributed by atoms with Crippen LogP contribution in [-0.2, 0) is 17.8 Å². The molecule has 0 aliphatic rings. The Morgan fingerprint density at radius 2 is 1.89 bits per heavy atom. The Bertz CT molecular complexity index is 892. The Balaban J connectivity index is 2.26. The van der Waals surface area contributed by atoms with Gasteiger partial charge in [-0.25, -0.2) is 4.79 Å². The van der Waals surface area contributed by atoms with Crippen LogP contribution in [0.3, 0.4) is 0 Å². The Kier molecular flexibility index (Phi) is 7.13. The number of carbonyl (C=O) groups is 1. The van der Waals surface area contributed by atoms with Crippen LogP contribution in [0.1, 0.15) is 34.2 Å². The van der Waals surface area contributed by atoms with Crippen molar-refractivity contribution in [2.75, 3.05) is 13.3 Å². The Morgan fingerprint density at radius 1 is 1.19 bits per heavy atom. The van der Waals surface area contributed by atoms with Crippen molar-refractivity contribution in [3.63, 3.8) is 0 Å². The smallest absolute Gasteiger partial charge is 0.339 e. The average molecular weight is 369 g/mol. The number of benzene rings is 1. The molecule has 1 heterocycles. The van der Waals surface area contributed by atoms with Crippen molar-refractivity contribution in [3.8, 4) is 5.75 Å². The molecule has 0 saturated carbocycles. The summed E-state index contributed by atoms with van der Waals surface area (Å²) in [4.78, 5) is 17.6. The number of aromatic nitrogens is 1. The van der Waals surface area contributed by atoms with Crippen molar-refractivity contribution < 1.29 is 14.3 Å². The standard InChI is InChI=1S/C17H19N7O3/c1-3-26-17(25)16-8-14(9-20-22-18)24(12(16)2)10-13-4-6-15(7-5-13)27-11-21-23-19/h4-8H,3,9-11H2,1-2H3. The van der Waals surface area contributed by atoms with Gasteiger partial charge in [-0.3, -0.25) is 0 Å². The second kappa shape index (κ2) is 9.76. The highest BCUT2D eigenvalue weighted by Gasteiger charge is 2.18. The summed E-state index contributed by atoms with van der Waals surface area (Å²) in [6.07, 6.45) is 0. The zero-order valence-electron chi connectivity index (χ0n) is 15.1. The van der Waals surface area contributed by atoms with Crippen LogP contribution in [0.25, 0.3) is 20.9 Å². The largest absolute Gasteiger partial charge is 0.488 e. The lowest BCUT2D eigenvalue weighted by molar-refractivity contribution is 0.0525. The molecule has 0 bridgehead atoms. The number of hydrogen-bond acceptors (Lipinski definition) is 5. The molecule has 0 radical (unpaired) electrons. The summed E-state index contributed by atoms with van der Waals surface area (Å²) in [5.74, 6) is 0.176. The molecule has 1 aromatic heterocycles. The Morgan fingerprint density at radius 3 is 2.52 bits per heavy atom. The van der Waals surface area contributed by atoms with Gasteiger partial charge in [0.15, 0.2) is 6.73 Å². The first kappa shape index (κ1) is 19.7. The van der Waals surface area contributed by atoms with E-state index in [0.29, 0.717) is 17.9 Å². The fourth-order valence-electron chi connectivity index (χ4n) is 2.58. The van der Waals surface area contributed by atoms with Crippen LogP contribution in [-0.4, -0.2) is 23.9 Å². The molecule has 0 amide bonds. The molecule has 2 aromatic rings. The highest BCUT2D eigenvalue weighted by atomic mass is 16.5. The van der Waals surface area contributed by atoms with Crippen molar-refractivity contribution in [1.29, 1.82) is 0 Å². The van der Waals surface area contributed by atoms with Gasteiger partial charge in [-0.05, 0) is 48.7 Å². The maximum Gasteiger partial charge on any atom is 0.339 e. The molecule has 10 heteroatoms. The van der Waals surface area contributed by atoms with E-state index in [-0.39, 0.29) is 19.9 Å². The third-order valence-electron chi connectivity index (χ3n) is 3.86. The first-order chi connectivity index (χ1) is 13.1. The maximum absolute atomic E-state index is 12.1. The molecular formula is C17H19N7O3. The number of hydrogen-bond donors (Lipinski definition) is 0. The molecule has 10 nitrogen and oxygen atoms in total. The summed E-state index contributed by atoms with van der Waals surface area (Å²) >= 11 is 0. The number of esters is 1. The fraction of sp³-hybridized carbons (Fsp3) is 0.353. The van der Waals surface area contributed by atoms with E-state index in [1.807, 2.05) is 23.6 Å². The summed E-state index contributed by atoms with van der Waals surface area (Å²) in [6.45, 7) is 4.39. The number of carbonyl (C=O) groups excluding carboxylic acids is 1. The lowest BCUT2D eigenvalue weighted by atomic mass is 10.2. The molecule has 0 saturated heterocycles. The van der Waals surface area contributed by atoms with Crippen molar-refractivity contribution in [2.45, 2.75) is 26.9 Å². The van der Waals surface area contributed by atoms with Gasteiger partial charge in [0.05, 0.1) is 18.7 Å². The molecule has 0 aliphatic carbocycles. The van der Waals surface area contributed by atoms with Gasteiger partial charge >= 0.3 is 5.97 Å². The van der Waals surface area contributed by atoms with Gasteiger partial charge in [0, 0.05) is 27.8 Å². The number of ether oxygens (including phenoxy) is 2. The predicted octanol–water partition coefficient (Wildman–Crippen LogP) is 4.48. The number of azide groups is 2. The summed E-state index contributed by atoms with van der Waals surface area (Å²) in [7, 11) is 0. The molecule has 0 fully saturated rings. The molecule has 2 rings (SSSR count). The number of nitrogens with zero attached hydrogens (tertiary/aromatic N) is 7. The maximum atomic E-state index is 12.1. The molecule has 0 unspecified atom stereocenters. The minimum atomic E-state index is -0.405. The first-order valence-corrected chi connectivity index (χ1v) is 8.20. The van der Waals surface area contributed by atoms with Gasteiger partial charge < -0.3 is 14.0 Å². The van der Waals surface area contributed by atoms with Gasteiger partial charge in [0.2, 0.25) is 0 Å².